The summed E-state index contributed by atoms with van der Waals surface area (Å²) in [6.07, 6.45) is 4.91. The Kier molecular flexibility index (Phi) is 3.98. The van der Waals surface area contributed by atoms with Crippen LogP contribution in [0.4, 0.5) is 0 Å². The summed E-state index contributed by atoms with van der Waals surface area (Å²) in [6.45, 7) is 1.87. The van der Waals surface area contributed by atoms with Gasteiger partial charge in [-0.1, -0.05) is 17.3 Å². The first-order chi connectivity index (χ1) is 11.8. The first kappa shape index (κ1) is 14.9. The Hall–Kier alpha value is -2.70. The summed E-state index contributed by atoms with van der Waals surface area (Å²) < 4.78 is 1.69. The van der Waals surface area contributed by atoms with E-state index in [2.05, 4.69) is 20.5 Å². The molecule has 1 N–H and O–H groups in total. The Morgan fingerprint density at radius 2 is 2.21 bits per heavy atom. The number of carbonyl (C=O) groups excluding carboxylic acids is 1. The van der Waals surface area contributed by atoms with Crippen LogP contribution < -0.4 is 0 Å². The van der Waals surface area contributed by atoms with Crippen LogP contribution in [0.3, 0.4) is 0 Å². The molecule has 0 unspecified atom stereocenters. The van der Waals surface area contributed by atoms with Crippen LogP contribution in [0.15, 0.2) is 36.5 Å². The predicted molar refractivity (Wildman–Crippen MR) is 89.1 cm³/mol. The first-order valence-corrected chi connectivity index (χ1v) is 8.34. The highest BCUT2D eigenvalue weighted by Crippen LogP contribution is 2.20. The molecule has 1 amide bonds. The molecular weight excluding hydrogens is 304 g/mol. The highest BCUT2D eigenvalue weighted by molar-refractivity contribution is 5.79. The normalized spacial score (nSPS) is 18.2. The van der Waals surface area contributed by atoms with Crippen LogP contribution in [0.1, 0.15) is 18.5 Å². The number of hydrogen-bond acceptors (Lipinski definition) is 4. The molecule has 4 rings (SSSR count). The van der Waals surface area contributed by atoms with Gasteiger partial charge < -0.3 is 4.90 Å². The Bertz CT molecular complexity index is 825. The van der Waals surface area contributed by atoms with E-state index in [0.717, 1.165) is 49.1 Å². The van der Waals surface area contributed by atoms with Crippen molar-refractivity contribution in [1.29, 1.82) is 0 Å². The molecule has 1 atom stereocenters. The first-order valence-electron chi connectivity index (χ1n) is 8.34. The van der Waals surface area contributed by atoms with E-state index < -0.39 is 0 Å². The summed E-state index contributed by atoms with van der Waals surface area (Å²) in [4.78, 5) is 14.6. The molecule has 1 saturated heterocycles. The van der Waals surface area contributed by atoms with Crippen LogP contribution in [-0.2, 0) is 17.8 Å². The second-order valence-corrected chi connectivity index (χ2v) is 6.37. The molecule has 1 aliphatic rings. The van der Waals surface area contributed by atoms with Crippen molar-refractivity contribution in [2.45, 2.75) is 25.8 Å². The van der Waals surface area contributed by atoms with Crippen LogP contribution in [-0.4, -0.2) is 49.1 Å². The predicted octanol–water partition coefficient (Wildman–Crippen LogP) is 1.64. The lowest BCUT2D eigenvalue weighted by Gasteiger charge is -2.32. The molecule has 1 fully saturated rings. The average molecular weight is 324 g/mol. The molecule has 0 radical (unpaired) electrons. The summed E-state index contributed by atoms with van der Waals surface area (Å²) in [5.41, 5.74) is 2.86. The van der Waals surface area contributed by atoms with Crippen LogP contribution >= 0.6 is 0 Å². The number of likely N-dealkylation sites (tertiary alicyclic amines) is 1. The maximum atomic E-state index is 12.7. The molecule has 0 saturated carbocycles. The Labute approximate surface area is 139 Å². The molecular formula is C17H20N6O. The summed E-state index contributed by atoms with van der Waals surface area (Å²) in [7, 11) is 0. The quantitative estimate of drug-likeness (QED) is 0.791. The zero-order valence-corrected chi connectivity index (χ0v) is 13.4. The Balaban J connectivity index is 1.42. The van der Waals surface area contributed by atoms with Crippen molar-refractivity contribution in [2.24, 2.45) is 5.92 Å². The maximum absolute atomic E-state index is 12.7. The Morgan fingerprint density at radius 3 is 3.08 bits per heavy atom. The largest absolute Gasteiger partial charge is 0.341 e. The van der Waals surface area contributed by atoms with Crippen molar-refractivity contribution in [3.63, 3.8) is 0 Å². The number of aromatic nitrogens is 5. The van der Waals surface area contributed by atoms with Gasteiger partial charge in [-0.05, 0) is 43.4 Å². The van der Waals surface area contributed by atoms with Gasteiger partial charge in [0.1, 0.15) is 12.1 Å². The van der Waals surface area contributed by atoms with Crippen LogP contribution in [0.25, 0.3) is 11.0 Å². The highest BCUT2D eigenvalue weighted by atomic mass is 16.2. The molecule has 2 aromatic heterocycles. The minimum absolute atomic E-state index is 0.111. The number of hydrogen-bond donors (Lipinski definition) is 1. The van der Waals surface area contributed by atoms with Crippen LogP contribution in [0.2, 0.25) is 0 Å². The summed E-state index contributed by atoms with van der Waals surface area (Å²) in [6, 6.07) is 9.72. The minimum Gasteiger partial charge on any atom is -0.341 e. The zero-order valence-electron chi connectivity index (χ0n) is 13.4. The van der Waals surface area contributed by atoms with Gasteiger partial charge in [-0.2, -0.15) is 5.10 Å². The van der Waals surface area contributed by atoms with Crippen molar-refractivity contribution < 1.29 is 4.79 Å². The number of nitrogens with one attached hydrogen (secondary N) is 1. The summed E-state index contributed by atoms with van der Waals surface area (Å²) in [5, 5.41) is 15.2. The molecule has 7 heteroatoms. The number of benzene rings is 1. The van der Waals surface area contributed by atoms with Crippen molar-refractivity contribution in [2.75, 3.05) is 13.1 Å². The topological polar surface area (TPSA) is 79.7 Å². The third-order valence-electron chi connectivity index (χ3n) is 4.64. The number of amides is 1. The molecule has 0 bridgehead atoms. The molecule has 7 nitrogen and oxygen atoms in total. The van der Waals surface area contributed by atoms with Gasteiger partial charge in [-0.3, -0.25) is 9.89 Å². The minimum atomic E-state index is 0.111. The van der Waals surface area contributed by atoms with Crippen LogP contribution in [0, 0.1) is 5.92 Å². The molecule has 1 aromatic carbocycles. The number of para-hydroxylation sites is 1. The second kappa shape index (κ2) is 6.43. The van der Waals surface area contributed by atoms with E-state index in [1.54, 1.807) is 10.9 Å². The smallest absolute Gasteiger partial charge is 0.244 e. The number of piperidine rings is 1. The van der Waals surface area contributed by atoms with E-state index in [1.807, 2.05) is 35.2 Å². The van der Waals surface area contributed by atoms with Crippen molar-refractivity contribution >= 4 is 16.9 Å². The molecule has 0 aliphatic carbocycles. The third kappa shape index (κ3) is 3.02. The van der Waals surface area contributed by atoms with Crippen molar-refractivity contribution in [1.82, 2.24) is 30.1 Å². The van der Waals surface area contributed by atoms with Gasteiger partial charge in [-0.15, -0.1) is 5.10 Å². The fourth-order valence-electron chi connectivity index (χ4n) is 3.43. The lowest BCUT2D eigenvalue weighted by atomic mass is 9.93. The zero-order chi connectivity index (χ0) is 16.4. The number of H-pyrrole nitrogens is 1. The van der Waals surface area contributed by atoms with Gasteiger partial charge in [-0.25, -0.2) is 4.68 Å². The monoisotopic (exact) mass is 324 g/mol. The average Bonchev–Trinajstić information content (AvgIpc) is 3.25. The number of carbonyl (C=O) groups is 1. The van der Waals surface area contributed by atoms with E-state index in [0.29, 0.717) is 5.92 Å². The summed E-state index contributed by atoms with van der Waals surface area (Å²) >= 11 is 0. The van der Waals surface area contributed by atoms with Crippen LogP contribution in [0.5, 0.6) is 0 Å². The van der Waals surface area contributed by atoms with Gasteiger partial charge in [0, 0.05) is 25.0 Å². The maximum Gasteiger partial charge on any atom is 0.244 e. The molecule has 0 spiro atoms. The lowest BCUT2D eigenvalue weighted by molar-refractivity contribution is -0.133. The van der Waals surface area contributed by atoms with E-state index in [4.69, 9.17) is 0 Å². The van der Waals surface area contributed by atoms with Gasteiger partial charge in [0.25, 0.3) is 0 Å². The van der Waals surface area contributed by atoms with E-state index in [-0.39, 0.29) is 12.5 Å². The molecule has 1 aliphatic heterocycles. The third-order valence-corrected chi connectivity index (χ3v) is 4.64. The van der Waals surface area contributed by atoms with E-state index >= 15 is 0 Å². The standard InChI is InChI=1S/C17H20N6O/c24-17(12-23-16-6-2-1-5-15(16)20-21-23)22-9-3-4-13(11-22)10-14-7-8-18-19-14/h1-2,5-8,13H,3-4,9-12H2,(H,18,19)/t13-/m0/s1. The lowest BCUT2D eigenvalue weighted by Crippen LogP contribution is -2.42. The fraction of sp³-hybridized carbons (Fsp3) is 0.412. The molecule has 3 aromatic rings. The van der Waals surface area contributed by atoms with E-state index in [9.17, 15) is 4.79 Å². The van der Waals surface area contributed by atoms with Crippen molar-refractivity contribution in [3.05, 3.63) is 42.2 Å². The highest BCUT2D eigenvalue weighted by Gasteiger charge is 2.24. The van der Waals surface area contributed by atoms with E-state index in [1.165, 1.54) is 0 Å². The molecule has 3 heterocycles. The van der Waals surface area contributed by atoms with Crippen molar-refractivity contribution in [3.8, 4) is 0 Å². The number of fused-ring (bicyclic) bond motifs is 1. The number of rotatable bonds is 4. The molecule has 124 valence electrons. The summed E-state index contributed by atoms with van der Waals surface area (Å²) in [5.74, 6) is 0.593. The van der Waals surface area contributed by atoms with Gasteiger partial charge in [0.2, 0.25) is 5.91 Å². The van der Waals surface area contributed by atoms with Gasteiger partial charge in [0.15, 0.2) is 0 Å². The SMILES string of the molecule is O=C(Cn1nnc2ccccc21)N1CCC[C@@H](Cc2ccn[nH]2)C1. The second-order valence-electron chi connectivity index (χ2n) is 6.37. The molecule has 24 heavy (non-hydrogen) atoms. The number of nitrogens with zero attached hydrogens (tertiary/aromatic N) is 5. The van der Waals surface area contributed by atoms with Gasteiger partial charge >= 0.3 is 0 Å². The number of aromatic amines is 1. The fourth-order valence-corrected chi connectivity index (χ4v) is 3.43. The van der Waals surface area contributed by atoms with Gasteiger partial charge in [0.05, 0.1) is 5.52 Å². The Morgan fingerprint density at radius 1 is 1.29 bits per heavy atom.